The molecule has 0 aliphatic carbocycles. The van der Waals surface area contributed by atoms with Crippen molar-refractivity contribution in [2.45, 2.75) is 31.9 Å². The molecule has 0 saturated carbocycles. The average Bonchev–Trinajstić information content (AvgIpc) is 2.99. The first-order chi connectivity index (χ1) is 10.8. The Morgan fingerprint density at radius 1 is 1.22 bits per heavy atom. The van der Waals surface area contributed by atoms with E-state index in [1.807, 2.05) is 6.92 Å². The molecule has 0 aromatic heterocycles. The zero-order chi connectivity index (χ0) is 16.7. The van der Waals surface area contributed by atoms with Crippen molar-refractivity contribution in [1.82, 2.24) is 4.90 Å². The summed E-state index contributed by atoms with van der Waals surface area (Å²) in [7, 11) is 0. The maximum Gasteiger partial charge on any atom is 0.228 e. The van der Waals surface area contributed by atoms with Gasteiger partial charge in [0.1, 0.15) is 11.6 Å². The zero-order valence-corrected chi connectivity index (χ0v) is 12.7. The van der Waals surface area contributed by atoms with Crippen LogP contribution in [0.25, 0.3) is 0 Å². The van der Waals surface area contributed by atoms with Crippen molar-refractivity contribution in [3.05, 3.63) is 29.8 Å². The van der Waals surface area contributed by atoms with E-state index in [2.05, 4.69) is 0 Å². The molecule has 0 bridgehead atoms. The van der Waals surface area contributed by atoms with Gasteiger partial charge in [0.15, 0.2) is 0 Å². The Morgan fingerprint density at radius 3 is 2.43 bits per heavy atom. The van der Waals surface area contributed by atoms with Crippen LogP contribution in [0.1, 0.15) is 19.8 Å². The van der Waals surface area contributed by atoms with Gasteiger partial charge in [0, 0.05) is 37.3 Å². The molecule has 3 unspecified atom stereocenters. The van der Waals surface area contributed by atoms with E-state index in [4.69, 9.17) is 0 Å². The molecule has 1 N–H and O–H groups in total. The summed E-state index contributed by atoms with van der Waals surface area (Å²) in [6, 6.07) is 2.82. The molecule has 3 rings (SSSR count). The number of carbonyl (C=O) groups excluding carboxylic acids is 2. The van der Waals surface area contributed by atoms with Gasteiger partial charge in [-0.3, -0.25) is 9.59 Å². The number of aliphatic hydroxyl groups excluding tert-OH is 1. The highest BCUT2D eigenvalue weighted by atomic mass is 19.1. The minimum atomic E-state index is -0.765. The fourth-order valence-corrected chi connectivity index (χ4v) is 3.36. The number of β-amino-alcohol motifs (C(OH)–C–C–N with tert-alkyl or cyclic N) is 1. The van der Waals surface area contributed by atoms with Crippen LogP contribution in [0.3, 0.4) is 0 Å². The molecule has 7 heteroatoms. The van der Waals surface area contributed by atoms with E-state index in [-0.39, 0.29) is 43.1 Å². The number of amides is 2. The van der Waals surface area contributed by atoms with Crippen molar-refractivity contribution in [3.8, 4) is 0 Å². The smallest absolute Gasteiger partial charge is 0.228 e. The van der Waals surface area contributed by atoms with Gasteiger partial charge in [0.2, 0.25) is 11.8 Å². The van der Waals surface area contributed by atoms with Gasteiger partial charge in [-0.2, -0.15) is 0 Å². The highest BCUT2D eigenvalue weighted by Gasteiger charge is 2.41. The van der Waals surface area contributed by atoms with Gasteiger partial charge in [-0.25, -0.2) is 8.78 Å². The molecule has 0 spiro atoms. The summed E-state index contributed by atoms with van der Waals surface area (Å²) in [5.74, 6) is -2.61. The Morgan fingerprint density at radius 2 is 1.87 bits per heavy atom. The number of hydrogen-bond donors (Lipinski definition) is 1. The van der Waals surface area contributed by atoms with Crippen LogP contribution in [-0.2, 0) is 9.59 Å². The Labute approximate surface area is 132 Å². The van der Waals surface area contributed by atoms with Crippen molar-refractivity contribution >= 4 is 17.5 Å². The lowest BCUT2D eigenvalue weighted by Gasteiger charge is -2.24. The molecule has 1 aromatic rings. The fourth-order valence-electron chi connectivity index (χ4n) is 3.36. The number of anilines is 1. The number of benzene rings is 1. The third kappa shape index (κ3) is 3.06. The van der Waals surface area contributed by atoms with E-state index in [9.17, 15) is 23.5 Å². The van der Waals surface area contributed by atoms with E-state index in [0.717, 1.165) is 18.2 Å². The van der Waals surface area contributed by atoms with Crippen molar-refractivity contribution in [1.29, 1.82) is 0 Å². The molecule has 2 amide bonds. The number of nitrogens with zero attached hydrogens (tertiary/aromatic N) is 2. The molecule has 23 heavy (non-hydrogen) atoms. The van der Waals surface area contributed by atoms with Crippen LogP contribution in [-0.4, -0.2) is 47.1 Å². The molecule has 5 nitrogen and oxygen atoms in total. The second kappa shape index (κ2) is 5.88. The number of carbonyl (C=O) groups is 2. The maximum absolute atomic E-state index is 13.3. The quantitative estimate of drug-likeness (QED) is 0.892. The lowest BCUT2D eigenvalue weighted by atomic mass is 10.1. The largest absolute Gasteiger partial charge is 0.391 e. The lowest BCUT2D eigenvalue weighted by Crippen LogP contribution is -2.40. The van der Waals surface area contributed by atoms with Gasteiger partial charge in [-0.15, -0.1) is 0 Å². The topological polar surface area (TPSA) is 60.9 Å². The third-order valence-electron chi connectivity index (χ3n) is 4.47. The summed E-state index contributed by atoms with van der Waals surface area (Å²) in [6.07, 6.45) is -0.0129. The first-order valence-electron chi connectivity index (χ1n) is 7.60. The summed E-state index contributed by atoms with van der Waals surface area (Å²) in [4.78, 5) is 27.5. The Kier molecular flexibility index (Phi) is 4.06. The Balaban J connectivity index is 1.76. The summed E-state index contributed by atoms with van der Waals surface area (Å²) in [5, 5.41) is 9.65. The minimum absolute atomic E-state index is 0.0102. The van der Waals surface area contributed by atoms with E-state index >= 15 is 0 Å². The van der Waals surface area contributed by atoms with Crippen molar-refractivity contribution < 1.29 is 23.5 Å². The predicted octanol–water partition coefficient (Wildman–Crippen LogP) is 1.30. The van der Waals surface area contributed by atoms with Crippen LogP contribution in [0.4, 0.5) is 14.5 Å². The van der Waals surface area contributed by atoms with E-state index in [1.165, 1.54) is 4.90 Å². The van der Waals surface area contributed by atoms with Gasteiger partial charge in [0.25, 0.3) is 0 Å². The van der Waals surface area contributed by atoms with Gasteiger partial charge in [-0.1, -0.05) is 0 Å². The molecule has 2 aliphatic rings. The average molecular weight is 324 g/mol. The van der Waals surface area contributed by atoms with Gasteiger partial charge >= 0.3 is 0 Å². The lowest BCUT2D eigenvalue weighted by molar-refractivity contribution is -0.136. The van der Waals surface area contributed by atoms with Gasteiger partial charge in [0.05, 0.1) is 12.0 Å². The monoisotopic (exact) mass is 324 g/mol. The molecule has 2 heterocycles. The van der Waals surface area contributed by atoms with Crippen LogP contribution in [0.15, 0.2) is 18.2 Å². The third-order valence-corrected chi connectivity index (χ3v) is 4.47. The first kappa shape index (κ1) is 15.9. The standard InChI is InChI=1S/C16H18F2N2O3/c1-9-2-14(21)8-19(9)16(23)10-3-15(22)20(7-10)13-5-11(17)4-12(18)6-13/h4-6,9-10,14,21H,2-3,7-8H2,1H3. The molecule has 0 radical (unpaired) electrons. The summed E-state index contributed by atoms with van der Waals surface area (Å²) in [5.41, 5.74) is 0.123. The molecule has 1 aromatic carbocycles. The molecule has 2 fully saturated rings. The normalized spacial score (nSPS) is 27.8. The second-order valence-corrected chi connectivity index (χ2v) is 6.26. The summed E-state index contributed by atoms with van der Waals surface area (Å²) in [6.45, 7) is 2.21. The highest BCUT2D eigenvalue weighted by molar-refractivity contribution is 6.00. The van der Waals surface area contributed by atoms with E-state index in [0.29, 0.717) is 6.42 Å². The first-order valence-corrected chi connectivity index (χ1v) is 7.60. The van der Waals surface area contributed by atoms with Crippen LogP contribution in [0.2, 0.25) is 0 Å². The number of likely N-dealkylation sites (tertiary alicyclic amines) is 1. The van der Waals surface area contributed by atoms with Crippen LogP contribution >= 0.6 is 0 Å². The Hall–Kier alpha value is -2.02. The SMILES string of the molecule is CC1CC(O)CN1C(=O)C1CC(=O)N(c2cc(F)cc(F)c2)C1. The van der Waals surface area contributed by atoms with Crippen LogP contribution in [0.5, 0.6) is 0 Å². The molecular formula is C16H18F2N2O3. The van der Waals surface area contributed by atoms with E-state index in [1.54, 1.807) is 4.90 Å². The fraction of sp³-hybridized carbons (Fsp3) is 0.500. The van der Waals surface area contributed by atoms with Gasteiger partial charge < -0.3 is 14.9 Å². The van der Waals surface area contributed by atoms with Crippen molar-refractivity contribution in [2.75, 3.05) is 18.0 Å². The predicted molar refractivity (Wildman–Crippen MR) is 78.6 cm³/mol. The van der Waals surface area contributed by atoms with E-state index < -0.39 is 23.7 Å². The number of halogens is 2. The van der Waals surface area contributed by atoms with Crippen molar-refractivity contribution in [2.24, 2.45) is 5.92 Å². The van der Waals surface area contributed by atoms with Crippen LogP contribution in [0, 0.1) is 17.6 Å². The molecule has 2 aliphatic heterocycles. The maximum atomic E-state index is 13.3. The number of rotatable bonds is 2. The highest BCUT2D eigenvalue weighted by Crippen LogP contribution is 2.29. The second-order valence-electron chi connectivity index (χ2n) is 6.26. The van der Waals surface area contributed by atoms with Crippen LogP contribution < -0.4 is 4.90 Å². The zero-order valence-electron chi connectivity index (χ0n) is 12.7. The summed E-state index contributed by atoms with van der Waals surface area (Å²) >= 11 is 0. The minimum Gasteiger partial charge on any atom is -0.391 e. The molecule has 124 valence electrons. The molecule has 3 atom stereocenters. The Bertz CT molecular complexity index is 632. The van der Waals surface area contributed by atoms with Crippen molar-refractivity contribution in [3.63, 3.8) is 0 Å². The summed E-state index contributed by atoms with van der Waals surface area (Å²) < 4.78 is 26.6. The van der Waals surface area contributed by atoms with Gasteiger partial charge in [-0.05, 0) is 25.5 Å². The number of hydrogen-bond acceptors (Lipinski definition) is 3. The number of aliphatic hydroxyl groups is 1. The molecule has 2 saturated heterocycles. The molecular weight excluding hydrogens is 306 g/mol.